The Morgan fingerprint density at radius 2 is 1.30 bits per heavy atom. The predicted octanol–water partition coefficient (Wildman–Crippen LogP) is 4.69. The molecule has 27 heavy (non-hydrogen) atoms. The van der Waals surface area contributed by atoms with Gasteiger partial charge in [0.2, 0.25) is 0 Å². The van der Waals surface area contributed by atoms with Crippen LogP contribution >= 0.6 is 0 Å². The van der Waals surface area contributed by atoms with Gasteiger partial charge in [-0.25, -0.2) is 0 Å². The Kier molecular flexibility index (Phi) is 3.12. The summed E-state index contributed by atoms with van der Waals surface area (Å²) in [6, 6.07) is 14.6. The molecule has 3 aliphatic carbocycles. The number of hydrogen-bond donors (Lipinski definition) is 0. The Bertz CT molecular complexity index is 1090. The average Bonchev–Trinajstić information content (AvgIpc) is 3.08. The van der Waals surface area contributed by atoms with Gasteiger partial charge in [-0.2, -0.15) is 0 Å². The first-order valence-corrected chi connectivity index (χ1v) is 9.17. The van der Waals surface area contributed by atoms with Gasteiger partial charge >= 0.3 is 0 Å². The topological polar surface area (TPSA) is 51.2 Å². The molecule has 2 aromatic carbocycles. The maximum Gasteiger partial charge on any atom is 0.197 e. The molecule has 0 heterocycles. The second-order valence-electron chi connectivity index (χ2n) is 8.21. The third-order valence-corrected chi connectivity index (χ3v) is 6.03. The van der Waals surface area contributed by atoms with Gasteiger partial charge in [-0.3, -0.25) is 14.4 Å². The van der Waals surface area contributed by atoms with Crippen LogP contribution in [0.5, 0.6) is 0 Å². The summed E-state index contributed by atoms with van der Waals surface area (Å²) in [6.45, 7) is 4.10. The molecule has 0 aromatic heterocycles. The van der Waals surface area contributed by atoms with E-state index in [4.69, 9.17) is 0 Å². The van der Waals surface area contributed by atoms with E-state index in [1.165, 1.54) is 0 Å². The number of carbonyl (C=O) groups excluding carboxylic acids is 3. The van der Waals surface area contributed by atoms with E-state index in [-0.39, 0.29) is 34.3 Å². The van der Waals surface area contributed by atoms with Crippen molar-refractivity contribution < 1.29 is 14.4 Å². The van der Waals surface area contributed by atoms with Gasteiger partial charge in [0, 0.05) is 16.7 Å². The number of Topliss-reactive ketones (excluding diaryl/α,β-unsaturated/α-hetero) is 3. The molecule has 0 amide bonds. The van der Waals surface area contributed by atoms with Gasteiger partial charge in [0.1, 0.15) is 0 Å². The van der Waals surface area contributed by atoms with Crippen molar-refractivity contribution in [2.75, 3.05) is 0 Å². The van der Waals surface area contributed by atoms with E-state index < -0.39 is 0 Å². The number of fused-ring (bicyclic) bond motifs is 4. The molecule has 0 aliphatic heterocycles. The van der Waals surface area contributed by atoms with E-state index in [0.717, 1.165) is 22.3 Å². The van der Waals surface area contributed by atoms with Crippen LogP contribution in [-0.4, -0.2) is 17.3 Å². The van der Waals surface area contributed by atoms with Crippen molar-refractivity contribution in [3.05, 3.63) is 88.0 Å². The van der Waals surface area contributed by atoms with Crippen LogP contribution in [0, 0.1) is 11.3 Å². The van der Waals surface area contributed by atoms with Gasteiger partial charge in [0.05, 0.1) is 11.5 Å². The molecule has 0 bridgehead atoms. The van der Waals surface area contributed by atoms with Crippen LogP contribution in [0.4, 0.5) is 0 Å². The molecule has 1 atom stereocenters. The number of carbonyl (C=O) groups is 3. The van der Waals surface area contributed by atoms with Crippen molar-refractivity contribution >= 4 is 22.9 Å². The monoisotopic (exact) mass is 354 g/mol. The number of hydrogen-bond acceptors (Lipinski definition) is 3. The molecule has 0 fully saturated rings. The molecule has 2 aromatic rings. The fourth-order valence-electron chi connectivity index (χ4n) is 4.87. The Hall–Kier alpha value is -3.07. The number of ketones is 3. The average molecular weight is 354 g/mol. The minimum Gasteiger partial charge on any atom is -0.293 e. The molecule has 0 unspecified atom stereocenters. The van der Waals surface area contributed by atoms with Crippen molar-refractivity contribution in [3.8, 4) is 0 Å². The first kappa shape index (κ1) is 16.1. The van der Waals surface area contributed by atoms with E-state index in [1.54, 1.807) is 24.3 Å². The third-order valence-electron chi connectivity index (χ3n) is 6.03. The van der Waals surface area contributed by atoms with Crippen molar-refractivity contribution in [2.45, 2.75) is 20.3 Å². The summed E-state index contributed by atoms with van der Waals surface area (Å²) < 4.78 is 0. The summed E-state index contributed by atoms with van der Waals surface area (Å²) in [5, 5.41) is 0. The van der Waals surface area contributed by atoms with Crippen molar-refractivity contribution in [1.82, 2.24) is 0 Å². The zero-order valence-electron chi connectivity index (χ0n) is 15.2. The molecule has 132 valence electrons. The summed E-state index contributed by atoms with van der Waals surface area (Å²) in [4.78, 5) is 38.9. The van der Waals surface area contributed by atoms with Crippen LogP contribution in [0.3, 0.4) is 0 Å². The van der Waals surface area contributed by atoms with E-state index in [9.17, 15) is 14.4 Å². The largest absolute Gasteiger partial charge is 0.293 e. The van der Waals surface area contributed by atoms with Gasteiger partial charge in [0.25, 0.3) is 0 Å². The number of benzene rings is 2. The number of rotatable bonds is 0. The quantitative estimate of drug-likeness (QED) is 0.509. The predicted molar refractivity (Wildman–Crippen MR) is 103 cm³/mol. The molecule has 3 aliphatic rings. The molecule has 0 spiro atoms. The fraction of sp³-hybridized carbons (Fsp3) is 0.208. The summed E-state index contributed by atoms with van der Waals surface area (Å²) in [6.07, 6.45) is 2.46. The zero-order valence-corrected chi connectivity index (χ0v) is 15.2. The van der Waals surface area contributed by atoms with Gasteiger partial charge in [0.15, 0.2) is 17.3 Å². The molecule has 0 radical (unpaired) electrons. The lowest BCUT2D eigenvalue weighted by Crippen LogP contribution is -2.32. The van der Waals surface area contributed by atoms with E-state index in [2.05, 4.69) is 0 Å². The minimum atomic E-state index is -0.363. The third kappa shape index (κ3) is 2.05. The molecule has 3 heteroatoms. The molecule has 3 nitrogen and oxygen atoms in total. The maximum atomic E-state index is 13.0. The Balaban J connectivity index is 1.75. The SMILES string of the molecule is CC1(C)CC(=C2C(=O)c3ccccc3C2=O)C=C2c3ccccc3C(=O)[C@@H]21. The molecule has 0 saturated heterocycles. The molecular formula is C24H18O3. The van der Waals surface area contributed by atoms with E-state index >= 15 is 0 Å². The van der Waals surface area contributed by atoms with Gasteiger partial charge in [-0.15, -0.1) is 0 Å². The highest BCUT2D eigenvalue weighted by Crippen LogP contribution is 2.53. The van der Waals surface area contributed by atoms with Crippen LogP contribution in [-0.2, 0) is 0 Å². The fourth-order valence-corrected chi connectivity index (χ4v) is 4.87. The number of allylic oxidation sites excluding steroid dienone is 4. The lowest BCUT2D eigenvalue weighted by Gasteiger charge is -2.36. The summed E-state index contributed by atoms with van der Waals surface area (Å²) in [7, 11) is 0. The van der Waals surface area contributed by atoms with Crippen molar-refractivity contribution in [3.63, 3.8) is 0 Å². The first-order chi connectivity index (χ1) is 12.9. The summed E-state index contributed by atoms with van der Waals surface area (Å²) >= 11 is 0. The normalized spacial score (nSPS) is 22.5. The second kappa shape index (κ2) is 5.23. The standard InChI is InChI=1S/C24H18O3/c1-24(2)12-13(19-21(25)16-9-5-6-10-17(16)22(19)26)11-18-14-7-3-4-8-15(14)23(27)20(18)24/h3-11,20H,12H2,1-2H3/t20-/m1/s1. The Labute approximate surface area is 157 Å². The molecule has 5 rings (SSSR count). The van der Waals surface area contributed by atoms with Crippen LogP contribution in [0.1, 0.15) is 56.9 Å². The smallest absolute Gasteiger partial charge is 0.197 e. The Morgan fingerprint density at radius 1 is 0.778 bits per heavy atom. The lowest BCUT2D eigenvalue weighted by molar-refractivity contribution is 0.0874. The van der Waals surface area contributed by atoms with Crippen LogP contribution in [0.25, 0.3) is 5.57 Å². The molecule has 0 N–H and O–H groups in total. The maximum absolute atomic E-state index is 13.0. The first-order valence-electron chi connectivity index (χ1n) is 9.17. The van der Waals surface area contributed by atoms with Gasteiger partial charge < -0.3 is 0 Å². The Morgan fingerprint density at radius 3 is 1.89 bits per heavy atom. The minimum absolute atomic E-state index is 0.137. The van der Waals surface area contributed by atoms with Crippen molar-refractivity contribution in [1.29, 1.82) is 0 Å². The van der Waals surface area contributed by atoms with Crippen LogP contribution < -0.4 is 0 Å². The van der Waals surface area contributed by atoms with Crippen LogP contribution in [0.15, 0.2) is 65.8 Å². The highest BCUT2D eigenvalue weighted by Gasteiger charge is 2.48. The zero-order chi connectivity index (χ0) is 18.9. The van der Waals surface area contributed by atoms with Crippen molar-refractivity contribution in [2.24, 2.45) is 11.3 Å². The summed E-state index contributed by atoms with van der Waals surface area (Å²) in [5.41, 5.74) is 4.21. The lowest BCUT2D eigenvalue weighted by atomic mass is 9.66. The second-order valence-corrected chi connectivity index (χ2v) is 8.21. The highest BCUT2D eigenvalue weighted by atomic mass is 16.2. The summed E-state index contributed by atoms with van der Waals surface area (Å²) in [5.74, 6) is -0.491. The van der Waals surface area contributed by atoms with E-state index in [1.807, 2.05) is 44.2 Å². The highest BCUT2D eigenvalue weighted by molar-refractivity contribution is 6.40. The van der Waals surface area contributed by atoms with Gasteiger partial charge in [-0.1, -0.05) is 68.5 Å². The van der Waals surface area contributed by atoms with Gasteiger partial charge in [-0.05, 0) is 28.5 Å². The van der Waals surface area contributed by atoms with Crippen LogP contribution in [0.2, 0.25) is 0 Å². The molecular weight excluding hydrogens is 336 g/mol. The molecule has 0 saturated carbocycles. The van der Waals surface area contributed by atoms with E-state index in [0.29, 0.717) is 17.5 Å².